The molecule has 1 aromatic carbocycles. The summed E-state index contributed by atoms with van der Waals surface area (Å²) >= 11 is 7.09. The number of thiazole rings is 1. The van der Waals surface area contributed by atoms with E-state index in [1.807, 2.05) is 0 Å². The van der Waals surface area contributed by atoms with Gasteiger partial charge in [0.05, 0.1) is 10.7 Å². The predicted molar refractivity (Wildman–Crippen MR) is 98.9 cm³/mol. The highest BCUT2D eigenvalue weighted by Crippen LogP contribution is 2.27. The lowest BCUT2D eigenvalue weighted by Crippen LogP contribution is -2.16. The summed E-state index contributed by atoms with van der Waals surface area (Å²) in [5.41, 5.74) is 1.24. The van der Waals surface area contributed by atoms with E-state index < -0.39 is 22.5 Å². The minimum atomic E-state index is -0.670. The number of imidazole rings is 1. The zero-order valence-corrected chi connectivity index (χ0v) is 15.8. The Kier molecular flexibility index (Phi) is 5.19. The Labute approximate surface area is 161 Å². The predicted octanol–water partition coefficient (Wildman–Crippen LogP) is 3.73. The summed E-state index contributed by atoms with van der Waals surface area (Å²) < 4.78 is 14.7. The molecule has 11 heteroatoms. The number of hydrogen-bond donors (Lipinski definition) is 1. The van der Waals surface area contributed by atoms with Crippen LogP contribution in [-0.4, -0.2) is 25.4 Å². The number of benzene rings is 1. The van der Waals surface area contributed by atoms with Crippen molar-refractivity contribution < 1.29 is 14.1 Å². The third-order valence-electron chi connectivity index (χ3n) is 3.60. The number of halogens is 2. The molecule has 1 amide bonds. The largest absolute Gasteiger partial charge is 0.382 e. The van der Waals surface area contributed by atoms with Crippen LogP contribution in [0.15, 0.2) is 24.4 Å². The second-order valence-electron chi connectivity index (χ2n) is 5.72. The third kappa shape index (κ3) is 4.29. The van der Waals surface area contributed by atoms with Gasteiger partial charge in [-0.15, -0.1) is 11.3 Å². The van der Waals surface area contributed by atoms with E-state index in [1.165, 1.54) is 35.1 Å². The lowest BCUT2D eigenvalue weighted by molar-refractivity contribution is -0.389. The second-order valence-corrected chi connectivity index (χ2v) is 7.24. The molecule has 2 aromatic heterocycles. The molecule has 140 valence electrons. The highest BCUT2D eigenvalue weighted by molar-refractivity contribution is 7.16. The fourth-order valence-electron chi connectivity index (χ4n) is 2.44. The fourth-order valence-corrected chi connectivity index (χ4v) is 3.68. The molecule has 1 N–H and O–H groups in total. The van der Waals surface area contributed by atoms with Gasteiger partial charge in [-0.2, -0.15) is 0 Å². The Hall–Kier alpha value is -2.85. The van der Waals surface area contributed by atoms with Crippen molar-refractivity contribution in [1.82, 2.24) is 14.5 Å². The molecular weight excluding hydrogens is 397 g/mol. The van der Waals surface area contributed by atoms with E-state index in [9.17, 15) is 19.3 Å². The van der Waals surface area contributed by atoms with Gasteiger partial charge in [-0.1, -0.05) is 11.6 Å². The molecule has 0 aliphatic heterocycles. The quantitative estimate of drug-likeness (QED) is 0.511. The van der Waals surface area contributed by atoms with Crippen molar-refractivity contribution >= 4 is 39.7 Å². The summed E-state index contributed by atoms with van der Waals surface area (Å²) in [5.74, 6) is -1.52. The average molecular weight is 410 g/mol. The SMILES string of the molecule is Cc1nc(Cc2cc(F)cc(Cl)c2)sc1NC(=O)c1nc([N+](=O)[O-])cn1C. The number of nitrogens with one attached hydrogen (secondary N) is 1. The molecule has 0 spiro atoms. The highest BCUT2D eigenvalue weighted by Gasteiger charge is 2.24. The Morgan fingerprint density at radius 3 is 2.78 bits per heavy atom. The first-order valence-corrected chi connectivity index (χ1v) is 8.82. The van der Waals surface area contributed by atoms with Gasteiger partial charge in [0.25, 0.3) is 0 Å². The van der Waals surface area contributed by atoms with Gasteiger partial charge in [-0.3, -0.25) is 4.79 Å². The summed E-state index contributed by atoms with van der Waals surface area (Å²) in [6.07, 6.45) is 1.51. The van der Waals surface area contributed by atoms with Crippen LogP contribution in [0.25, 0.3) is 0 Å². The third-order valence-corrected chi connectivity index (χ3v) is 4.89. The van der Waals surface area contributed by atoms with Crippen molar-refractivity contribution in [2.24, 2.45) is 7.05 Å². The van der Waals surface area contributed by atoms with Crippen molar-refractivity contribution in [3.63, 3.8) is 0 Å². The molecule has 0 radical (unpaired) electrons. The average Bonchev–Trinajstić information content (AvgIpc) is 3.09. The maximum absolute atomic E-state index is 13.5. The summed E-state index contributed by atoms with van der Waals surface area (Å²) in [7, 11) is 1.49. The number of aryl methyl sites for hydroxylation is 2. The van der Waals surface area contributed by atoms with Crippen LogP contribution in [0.1, 0.15) is 26.9 Å². The molecule has 3 aromatic rings. The number of nitro groups is 1. The van der Waals surface area contributed by atoms with Gasteiger partial charge >= 0.3 is 17.5 Å². The van der Waals surface area contributed by atoms with Crippen molar-refractivity contribution in [1.29, 1.82) is 0 Å². The minimum absolute atomic E-state index is 0.0898. The van der Waals surface area contributed by atoms with Crippen LogP contribution < -0.4 is 5.32 Å². The topological polar surface area (TPSA) is 103 Å². The van der Waals surface area contributed by atoms with Crippen molar-refractivity contribution in [2.75, 3.05) is 5.32 Å². The summed E-state index contributed by atoms with van der Waals surface area (Å²) in [5, 5.41) is 14.9. The van der Waals surface area contributed by atoms with E-state index in [-0.39, 0.29) is 5.82 Å². The van der Waals surface area contributed by atoms with Crippen LogP contribution >= 0.6 is 22.9 Å². The molecular formula is C16H13ClFN5O3S. The first kappa shape index (κ1) is 18.9. The molecule has 8 nitrogen and oxygen atoms in total. The normalized spacial score (nSPS) is 10.8. The number of rotatable bonds is 5. The van der Waals surface area contributed by atoms with Crippen molar-refractivity contribution in [3.05, 3.63) is 67.4 Å². The van der Waals surface area contributed by atoms with Gasteiger partial charge in [0.2, 0.25) is 0 Å². The monoisotopic (exact) mass is 409 g/mol. The Morgan fingerprint density at radius 2 is 2.15 bits per heavy atom. The molecule has 0 saturated carbocycles. The first-order chi connectivity index (χ1) is 12.7. The molecule has 0 bridgehead atoms. The number of amides is 1. The lowest BCUT2D eigenvalue weighted by Gasteiger charge is -2.00. The molecule has 0 unspecified atom stereocenters. The Bertz CT molecular complexity index is 1030. The summed E-state index contributed by atoms with van der Waals surface area (Å²) in [6.45, 7) is 1.72. The smallest absolute Gasteiger partial charge is 0.358 e. The summed E-state index contributed by atoms with van der Waals surface area (Å²) in [4.78, 5) is 30.6. The van der Waals surface area contributed by atoms with Gasteiger partial charge in [-0.05, 0) is 40.6 Å². The number of aromatic nitrogens is 3. The van der Waals surface area contributed by atoms with E-state index >= 15 is 0 Å². The van der Waals surface area contributed by atoms with Crippen molar-refractivity contribution in [2.45, 2.75) is 13.3 Å². The zero-order valence-electron chi connectivity index (χ0n) is 14.2. The van der Waals surface area contributed by atoms with E-state index in [0.29, 0.717) is 32.7 Å². The summed E-state index contributed by atoms with van der Waals surface area (Å²) in [6, 6.07) is 4.23. The maximum Gasteiger partial charge on any atom is 0.382 e. The molecule has 0 fully saturated rings. The van der Waals surface area contributed by atoms with Crippen LogP contribution in [0, 0.1) is 22.9 Å². The molecule has 2 heterocycles. The van der Waals surface area contributed by atoms with Gasteiger partial charge in [0.1, 0.15) is 17.0 Å². The number of carbonyl (C=O) groups is 1. The second kappa shape index (κ2) is 7.41. The van der Waals surface area contributed by atoms with Gasteiger partial charge < -0.3 is 20.0 Å². The molecule has 3 rings (SSSR count). The van der Waals surface area contributed by atoms with E-state index in [2.05, 4.69) is 15.3 Å². The van der Waals surface area contributed by atoms with E-state index in [4.69, 9.17) is 11.6 Å². The molecule has 0 aliphatic rings. The lowest BCUT2D eigenvalue weighted by atomic mass is 10.1. The molecule has 0 saturated heterocycles. The fraction of sp³-hybridized carbons (Fsp3) is 0.188. The molecule has 0 atom stereocenters. The number of anilines is 1. The number of hydrogen-bond acceptors (Lipinski definition) is 6. The van der Waals surface area contributed by atoms with Crippen LogP contribution in [0.2, 0.25) is 5.02 Å². The minimum Gasteiger partial charge on any atom is -0.358 e. The van der Waals surface area contributed by atoms with Gasteiger partial charge in [0.15, 0.2) is 0 Å². The first-order valence-electron chi connectivity index (χ1n) is 7.63. The van der Waals surface area contributed by atoms with Crippen LogP contribution in [-0.2, 0) is 13.5 Å². The molecule has 0 aliphatic carbocycles. The number of carbonyl (C=O) groups excluding carboxylic acids is 1. The highest BCUT2D eigenvalue weighted by atomic mass is 35.5. The van der Waals surface area contributed by atoms with Crippen LogP contribution in [0.3, 0.4) is 0 Å². The number of nitrogens with zero attached hydrogens (tertiary/aromatic N) is 4. The maximum atomic E-state index is 13.5. The standard InChI is InChI=1S/C16H13ClFN5O3S/c1-8-16(21-15(24)14-20-12(23(25)26)7-22(14)2)27-13(19-8)5-9-3-10(17)6-11(18)4-9/h3-4,6-7H,5H2,1-2H3,(H,21,24). The van der Waals surface area contributed by atoms with Crippen molar-refractivity contribution in [3.8, 4) is 0 Å². The zero-order chi connectivity index (χ0) is 19.7. The van der Waals surface area contributed by atoms with Crippen LogP contribution in [0.5, 0.6) is 0 Å². The van der Waals surface area contributed by atoms with E-state index in [0.717, 1.165) is 6.20 Å². The van der Waals surface area contributed by atoms with Gasteiger partial charge in [0, 0.05) is 18.5 Å². The Balaban J connectivity index is 1.78. The Morgan fingerprint density at radius 1 is 1.41 bits per heavy atom. The molecule has 27 heavy (non-hydrogen) atoms. The van der Waals surface area contributed by atoms with E-state index in [1.54, 1.807) is 13.0 Å². The van der Waals surface area contributed by atoms with Gasteiger partial charge in [-0.25, -0.2) is 9.37 Å². The van der Waals surface area contributed by atoms with Crippen LogP contribution in [0.4, 0.5) is 15.2 Å².